The van der Waals surface area contributed by atoms with Crippen molar-refractivity contribution in [2.45, 2.75) is 57.5 Å². The van der Waals surface area contributed by atoms with E-state index >= 15 is 0 Å². The lowest BCUT2D eigenvalue weighted by atomic mass is 10.0. The van der Waals surface area contributed by atoms with E-state index in [1.165, 1.54) is 36.9 Å². The monoisotopic (exact) mass is 302 g/mol. The molecule has 0 amide bonds. The first-order valence-corrected chi connectivity index (χ1v) is 8.49. The van der Waals surface area contributed by atoms with Gasteiger partial charge in [-0.3, -0.25) is 4.79 Å². The Balaban J connectivity index is 1.68. The topological polar surface area (TPSA) is 55.6 Å². The van der Waals surface area contributed by atoms with Crippen LogP contribution in [0.1, 0.15) is 43.7 Å². The van der Waals surface area contributed by atoms with Crippen LogP contribution in [0.2, 0.25) is 0 Å². The van der Waals surface area contributed by atoms with Crippen LogP contribution >= 0.6 is 0 Å². The van der Waals surface area contributed by atoms with Gasteiger partial charge in [0.15, 0.2) is 0 Å². The molecule has 0 radical (unpaired) electrons. The molecule has 1 unspecified atom stereocenters. The molecule has 1 heterocycles. The van der Waals surface area contributed by atoms with Gasteiger partial charge in [0.25, 0.3) is 0 Å². The summed E-state index contributed by atoms with van der Waals surface area (Å²) in [5, 5.41) is 0. The summed E-state index contributed by atoms with van der Waals surface area (Å²) < 4.78 is 4.98. The number of anilines is 1. The minimum absolute atomic E-state index is 0.310. The van der Waals surface area contributed by atoms with Crippen LogP contribution in [0.5, 0.6) is 0 Å². The molecule has 2 aliphatic rings. The van der Waals surface area contributed by atoms with Crippen LogP contribution in [0.3, 0.4) is 0 Å². The Morgan fingerprint density at radius 1 is 1.41 bits per heavy atom. The number of nitrogens with two attached hydrogens (primary N) is 1. The third-order valence-corrected chi connectivity index (χ3v) is 4.89. The summed E-state index contributed by atoms with van der Waals surface area (Å²) in [7, 11) is 0. The van der Waals surface area contributed by atoms with Crippen LogP contribution in [0.25, 0.3) is 0 Å². The van der Waals surface area contributed by atoms with Crippen LogP contribution in [0.4, 0.5) is 5.69 Å². The molecule has 120 valence electrons. The quantitative estimate of drug-likeness (QED) is 0.849. The van der Waals surface area contributed by atoms with Crippen molar-refractivity contribution < 1.29 is 9.53 Å². The van der Waals surface area contributed by atoms with Gasteiger partial charge < -0.3 is 15.4 Å². The zero-order chi connectivity index (χ0) is 15.5. The molecule has 0 aromatic heterocycles. The number of rotatable bonds is 5. The van der Waals surface area contributed by atoms with Crippen molar-refractivity contribution in [3.8, 4) is 0 Å². The molecule has 3 rings (SSSR count). The highest BCUT2D eigenvalue weighted by Gasteiger charge is 2.28. The van der Waals surface area contributed by atoms with Crippen LogP contribution in [-0.2, 0) is 22.4 Å². The second kappa shape index (κ2) is 6.69. The van der Waals surface area contributed by atoms with Crippen molar-refractivity contribution in [3.63, 3.8) is 0 Å². The van der Waals surface area contributed by atoms with E-state index in [1.54, 1.807) is 6.92 Å². The second-order valence-corrected chi connectivity index (χ2v) is 6.41. The Labute approximate surface area is 132 Å². The fraction of sp³-hybridized carbons (Fsp3) is 0.611. The third-order valence-electron chi connectivity index (χ3n) is 4.89. The molecule has 0 saturated heterocycles. The number of fused-ring (bicyclic) bond motifs is 1. The predicted octanol–water partition coefficient (Wildman–Crippen LogP) is 2.42. The van der Waals surface area contributed by atoms with Crippen molar-refractivity contribution in [1.29, 1.82) is 0 Å². The van der Waals surface area contributed by atoms with Crippen LogP contribution in [0.15, 0.2) is 18.2 Å². The summed E-state index contributed by atoms with van der Waals surface area (Å²) in [5.74, 6) is -0.310. The molecular formula is C18H26N2O2. The molecule has 22 heavy (non-hydrogen) atoms. The maximum Gasteiger partial charge on any atom is 0.323 e. The first-order valence-electron chi connectivity index (χ1n) is 8.49. The van der Waals surface area contributed by atoms with E-state index in [2.05, 4.69) is 23.1 Å². The minimum Gasteiger partial charge on any atom is -0.465 e. The molecule has 4 nitrogen and oxygen atoms in total. The molecule has 4 heteroatoms. The smallest absolute Gasteiger partial charge is 0.323 e. The summed E-state index contributed by atoms with van der Waals surface area (Å²) >= 11 is 0. The molecule has 1 aromatic carbocycles. The molecule has 0 bridgehead atoms. The lowest BCUT2D eigenvalue weighted by Gasteiger charge is -2.27. The molecule has 1 aliphatic carbocycles. The summed E-state index contributed by atoms with van der Waals surface area (Å²) in [5.41, 5.74) is 9.85. The van der Waals surface area contributed by atoms with Gasteiger partial charge in [0, 0.05) is 18.3 Å². The van der Waals surface area contributed by atoms with Crippen molar-refractivity contribution in [2.24, 2.45) is 5.73 Å². The van der Waals surface area contributed by atoms with Crippen LogP contribution in [-0.4, -0.2) is 31.2 Å². The molecule has 0 spiro atoms. The highest BCUT2D eigenvalue weighted by Crippen LogP contribution is 2.35. The third kappa shape index (κ3) is 3.12. The Morgan fingerprint density at radius 2 is 2.18 bits per heavy atom. The van der Waals surface area contributed by atoms with Gasteiger partial charge in [0.05, 0.1) is 6.61 Å². The highest BCUT2D eigenvalue weighted by atomic mass is 16.5. The maximum atomic E-state index is 11.7. The summed E-state index contributed by atoms with van der Waals surface area (Å²) in [4.78, 5) is 14.2. The number of carbonyl (C=O) groups excluding carboxylic acids is 1. The molecule has 1 atom stereocenters. The van der Waals surface area contributed by atoms with Crippen molar-refractivity contribution in [1.82, 2.24) is 0 Å². The molecular weight excluding hydrogens is 276 g/mol. The van der Waals surface area contributed by atoms with Crippen molar-refractivity contribution in [2.75, 3.05) is 18.1 Å². The second-order valence-electron chi connectivity index (χ2n) is 6.41. The fourth-order valence-electron chi connectivity index (χ4n) is 3.79. The first-order chi connectivity index (χ1) is 10.7. The molecule has 1 fully saturated rings. The number of ether oxygens (including phenoxy) is 1. The lowest BCUT2D eigenvalue weighted by Crippen LogP contribution is -2.34. The standard InChI is InChI=1S/C18H26N2O2/c1-2-22-18(21)16(19)12-13-7-8-17-14(11-13)9-10-20(17)15-5-3-4-6-15/h7-8,11,15-16H,2-6,9-10,12,19H2,1H3. The Bertz CT molecular complexity index is 538. The number of esters is 1. The largest absolute Gasteiger partial charge is 0.465 e. The number of hydrogen-bond acceptors (Lipinski definition) is 4. The van der Waals surface area contributed by atoms with Gasteiger partial charge in [0.1, 0.15) is 6.04 Å². The Morgan fingerprint density at radius 3 is 2.91 bits per heavy atom. The SMILES string of the molecule is CCOC(=O)C(N)Cc1ccc2c(c1)CCN2C1CCCC1. The van der Waals surface area contributed by atoms with E-state index in [0.717, 1.165) is 24.6 Å². The Hall–Kier alpha value is -1.55. The minimum atomic E-state index is -0.565. The van der Waals surface area contributed by atoms with Crippen LogP contribution in [0, 0.1) is 0 Å². The van der Waals surface area contributed by atoms with Gasteiger partial charge in [-0.15, -0.1) is 0 Å². The van der Waals surface area contributed by atoms with Gasteiger partial charge in [-0.25, -0.2) is 0 Å². The number of carbonyl (C=O) groups is 1. The normalized spacial score (nSPS) is 19.3. The maximum absolute atomic E-state index is 11.7. The van der Waals surface area contributed by atoms with Gasteiger partial charge >= 0.3 is 5.97 Å². The summed E-state index contributed by atoms with van der Waals surface area (Å²) in [6.45, 7) is 3.32. The van der Waals surface area contributed by atoms with Gasteiger partial charge in [-0.2, -0.15) is 0 Å². The van der Waals surface area contributed by atoms with E-state index in [1.807, 2.05) is 0 Å². The lowest BCUT2D eigenvalue weighted by molar-refractivity contribution is -0.144. The molecule has 1 aromatic rings. The first kappa shape index (κ1) is 15.3. The van der Waals surface area contributed by atoms with Crippen LogP contribution < -0.4 is 10.6 Å². The number of nitrogens with zero attached hydrogens (tertiary/aromatic N) is 1. The number of hydrogen-bond donors (Lipinski definition) is 1. The molecule has 2 N–H and O–H groups in total. The Kier molecular flexibility index (Phi) is 4.67. The van der Waals surface area contributed by atoms with E-state index in [4.69, 9.17) is 10.5 Å². The zero-order valence-electron chi connectivity index (χ0n) is 13.4. The van der Waals surface area contributed by atoms with Gasteiger partial charge in [0.2, 0.25) is 0 Å². The van der Waals surface area contributed by atoms with E-state index in [0.29, 0.717) is 13.0 Å². The molecule has 1 saturated carbocycles. The predicted molar refractivity (Wildman–Crippen MR) is 88.1 cm³/mol. The zero-order valence-corrected chi connectivity index (χ0v) is 13.4. The fourth-order valence-corrected chi connectivity index (χ4v) is 3.79. The molecule has 1 aliphatic heterocycles. The number of benzene rings is 1. The van der Waals surface area contributed by atoms with E-state index in [-0.39, 0.29) is 5.97 Å². The summed E-state index contributed by atoms with van der Waals surface area (Å²) in [6, 6.07) is 6.72. The van der Waals surface area contributed by atoms with E-state index in [9.17, 15) is 4.79 Å². The average Bonchev–Trinajstić information content (AvgIpc) is 3.15. The van der Waals surface area contributed by atoms with Crippen molar-refractivity contribution >= 4 is 11.7 Å². The van der Waals surface area contributed by atoms with Crippen molar-refractivity contribution in [3.05, 3.63) is 29.3 Å². The van der Waals surface area contributed by atoms with E-state index < -0.39 is 6.04 Å². The van der Waals surface area contributed by atoms with Gasteiger partial charge in [-0.1, -0.05) is 25.0 Å². The average molecular weight is 302 g/mol. The van der Waals surface area contributed by atoms with Gasteiger partial charge in [-0.05, 0) is 49.8 Å². The highest BCUT2D eigenvalue weighted by molar-refractivity contribution is 5.76. The summed E-state index contributed by atoms with van der Waals surface area (Å²) in [6.07, 6.45) is 7.04.